The van der Waals surface area contributed by atoms with Crippen molar-refractivity contribution in [1.29, 1.82) is 0 Å². The zero-order valence-corrected chi connectivity index (χ0v) is 10.2. The van der Waals surface area contributed by atoms with Crippen molar-refractivity contribution in [1.82, 2.24) is 10.2 Å². The molecule has 15 heavy (non-hydrogen) atoms. The Morgan fingerprint density at radius 3 is 2.53 bits per heavy atom. The molecule has 0 aliphatic heterocycles. The lowest BCUT2D eigenvalue weighted by Gasteiger charge is -2.26. The van der Waals surface area contributed by atoms with Crippen LogP contribution in [0.2, 0.25) is 0 Å². The van der Waals surface area contributed by atoms with Crippen LogP contribution in [-0.2, 0) is 4.79 Å². The van der Waals surface area contributed by atoms with E-state index in [1.165, 1.54) is 0 Å². The molecule has 1 amide bonds. The monoisotopic (exact) mass is 213 g/mol. The van der Waals surface area contributed by atoms with Crippen molar-refractivity contribution in [3.8, 4) is 0 Å². The molecule has 0 saturated heterocycles. The number of nitrogens with zero attached hydrogens (tertiary/aromatic N) is 1. The third kappa shape index (κ3) is 3.18. The smallest absolute Gasteiger partial charge is 0.240 e. The SMILES string of the molecule is CC(CNC(=O)C(C)(N)C1CC1)N(C)C. The summed E-state index contributed by atoms with van der Waals surface area (Å²) in [5.74, 6) is 0.367. The average molecular weight is 213 g/mol. The largest absolute Gasteiger partial charge is 0.353 e. The molecule has 2 atom stereocenters. The van der Waals surface area contributed by atoms with Crippen molar-refractivity contribution >= 4 is 5.91 Å². The highest BCUT2D eigenvalue weighted by Gasteiger charge is 2.43. The molecular weight excluding hydrogens is 190 g/mol. The Kier molecular flexibility index (Phi) is 3.73. The third-order valence-corrected chi connectivity index (χ3v) is 3.35. The molecule has 0 aromatic heterocycles. The minimum atomic E-state index is -0.675. The standard InChI is InChI=1S/C11H23N3O/c1-8(14(3)4)7-13-10(15)11(2,12)9-5-6-9/h8-9H,5-7,12H2,1-4H3,(H,13,15). The highest BCUT2D eigenvalue weighted by Crippen LogP contribution is 2.38. The van der Waals surface area contributed by atoms with Crippen LogP contribution in [0.3, 0.4) is 0 Å². The van der Waals surface area contributed by atoms with Gasteiger partial charge in [0.05, 0.1) is 5.54 Å². The van der Waals surface area contributed by atoms with E-state index in [1.807, 2.05) is 21.0 Å². The van der Waals surface area contributed by atoms with Gasteiger partial charge in [0.1, 0.15) is 0 Å². The lowest BCUT2D eigenvalue weighted by atomic mass is 9.96. The first-order valence-electron chi connectivity index (χ1n) is 5.59. The fourth-order valence-corrected chi connectivity index (χ4v) is 1.48. The number of likely N-dealkylation sites (N-methyl/N-ethyl adjacent to an activating group) is 1. The molecule has 0 aromatic carbocycles. The van der Waals surface area contributed by atoms with Crippen molar-refractivity contribution in [3.63, 3.8) is 0 Å². The minimum Gasteiger partial charge on any atom is -0.353 e. The van der Waals surface area contributed by atoms with Gasteiger partial charge in [-0.15, -0.1) is 0 Å². The van der Waals surface area contributed by atoms with E-state index in [4.69, 9.17) is 5.73 Å². The Morgan fingerprint density at radius 1 is 1.60 bits per heavy atom. The maximum absolute atomic E-state index is 11.8. The molecule has 1 fully saturated rings. The lowest BCUT2D eigenvalue weighted by Crippen LogP contribution is -2.55. The first-order chi connectivity index (χ1) is 6.85. The summed E-state index contributed by atoms with van der Waals surface area (Å²) in [6.45, 7) is 4.57. The van der Waals surface area contributed by atoms with E-state index in [0.29, 0.717) is 18.5 Å². The predicted octanol–water partition coefficient (Wildman–Crippen LogP) is 0.180. The van der Waals surface area contributed by atoms with E-state index >= 15 is 0 Å². The molecule has 88 valence electrons. The number of hydrogen-bond donors (Lipinski definition) is 2. The second kappa shape index (κ2) is 4.49. The van der Waals surface area contributed by atoms with Crippen molar-refractivity contribution in [3.05, 3.63) is 0 Å². The molecule has 1 aliphatic carbocycles. The number of carbonyl (C=O) groups excluding carboxylic acids is 1. The molecule has 2 unspecified atom stereocenters. The molecule has 0 bridgehead atoms. The van der Waals surface area contributed by atoms with Crippen LogP contribution in [0, 0.1) is 5.92 Å². The number of carbonyl (C=O) groups is 1. The maximum atomic E-state index is 11.8. The summed E-state index contributed by atoms with van der Waals surface area (Å²) in [5, 5.41) is 2.92. The van der Waals surface area contributed by atoms with Gasteiger partial charge in [-0.2, -0.15) is 0 Å². The van der Waals surface area contributed by atoms with Crippen LogP contribution in [0.4, 0.5) is 0 Å². The summed E-state index contributed by atoms with van der Waals surface area (Å²) in [6.07, 6.45) is 2.17. The first-order valence-corrected chi connectivity index (χ1v) is 5.59. The van der Waals surface area contributed by atoms with Crippen LogP contribution in [-0.4, -0.2) is 43.0 Å². The number of amides is 1. The van der Waals surface area contributed by atoms with E-state index in [1.54, 1.807) is 0 Å². The maximum Gasteiger partial charge on any atom is 0.240 e. The summed E-state index contributed by atoms with van der Waals surface area (Å²) in [7, 11) is 4.00. The quantitative estimate of drug-likeness (QED) is 0.685. The molecule has 1 rings (SSSR count). The van der Waals surface area contributed by atoms with Crippen LogP contribution in [0.5, 0.6) is 0 Å². The minimum absolute atomic E-state index is 0.0151. The number of nitrogens with two attached hydrogens (primary N) is 1. The van der Waals surface area contributed by atoms with E-state index in [9.17, 15) is 4.79 Å². The molecule has 4 nitrogen and oxygen atoms in total. The zero-order valence-electron chi connectivity index (χ0n) is 10.2. The number of hydrogen-bond acceptors (Lipinski definition) is 3. The molecule has 1 saturated carbocycles. The van der Waals surface area contributed by atoms with Crippen LogP contribution in [0.15, 0.2) is 0 Å². The summed E-state index contributed by atoms with van der Waals surface area (Å²) in [6, 6.07) is 0.337. The van der Waals surface area contributed by atoms with Gasteiger partial charge in [-0.3, -0.25) is 4.79 Å². The lowest BCUT2D eigenvalue weighted by molar-refractivity contribution is -0.126. The Labute approximate surface area is 92.2 Å². The molecule has 0 aromatic rings. The summed E-state index contributed by atoms with van der Waals surface area (Å²) < 4.78 is 0. The molecule has 0 heterocycles. The summed E-state index contributed by atoms with van der Waals surface area (Å²) >= 11 is 0. The molecule has 3 N–H and O–H groups in total. The van der Waals surface area contributed by atoms with Gasteiger partial charge in [0.15, 0.2) is 0 Å². The second-order valence-electron chi connectivity index (χ2n) is 5.08. The van der Waals surface area contributed by atoms with Crippen molar-refractivity contribution in [2.24, 2.45) is 11.7 Å². The van der Waals surface area contributed by atoms with E-state index in [2.05, 4.69) is 17.1 Å². The van der Waals surface area contributed by atoms with Gasteiger partial charge in [-0.1, -0.05) is 0 Å². The van der Waals surface area contributed by atoms with Crippen LogP contribution in [0.25, 0.3) is 0 Å². The highest BCUT2D eigenvalue weighted by molar-refractivity contribution is 5.86. The second-order valence-corrected chi connectivity index (χ2v) is 5.08. The normalized spacial score (nSPS) is 22.3. The fourth-order valence-electron chi connectivity index (χ4n) is 1.48. The molecule has 4 heteroatoms. The van der Waals surface area contributed by atoms with Gasteiger partial charge in [-0.25, -0.2) is 0 Å². The predicted molar refractivity (Wildman–Crippen MR) is 61.5 cm³/mol. The topological polar surface area (TPSA) is 58.4 Å². The van der Waals surface area contributed by atoms with Crippen molar-refractivity contribution < 1.29 is 4.79 Å². The Balaban J connectivity index is 2.35. The van der Waals surface area contributed by atoms with Crippen molar-refractivity contribution in [2.75, 3.05) is 20.6 Å². The molecular formula is C11H23N3O. The number of rotatable bonds is 5. The highest BCUT2D eigenvalue weighted by atomic mass is 16.2. The Morgan fingerprint density at radius 2 is 2.13 bits per heavy atom. The average Bonchev–Trinajstić information content (AvgIpc) is 2.95. The van der Waals surface area contributed by atoms with Crippen molar-refractivity contribution in [2.45, 2.75) is 38.3 Å². The van der Waals surface area contributed by atoms with Gasteiger partial charge in [0.2, 0.25) is 5.91 Å². The zero-order chi connectivity index (χ0) is 11.6. The van der Waals surface area contributed by atoms with Gasteiger partial charge < -0.3 is 16.0 Å². The van der Waals surface area contributed by atoms with Crippen LogP contribution < -0.4 is 11.1 Å². The first kappa shape index (κ1) is 12.5. The third-order valence-electron chi connectivity index (χ3n) is 3.35. The number of nitrogens with one attached hydrogen (secondary N) is 1. The van der Waals surface area contributed by atoms with Gasteiger partial charge >= 0.3 is 0 Å². The van der Waals surface area contributed by atoms with Gasteiger partial charge in [-0.05, 0) is 46.7 Å². The van der Waals surface area contributed by atoms with E-state index in [0.717, 1.165) is 12.8 Å². The van der Waals surface area contributed by atoms with E-state index in [-0.39, 0.29) is 5.91 Å². The summed E-state index contributed by atoms with van der Waals surface area (Å²) in [5.41, 5.74) is 5.33. The van der Waals surface area contributed by atoms with Crippen LogP contribution >= 0.6 is 0 Å². The van der Waals surface area contributed by atoms with Gasteiger partial charge in [0, 0.05) is 12.6 Å². The van der Waals surface area contributed by atoms with E-state index < -0.39 is 5.54 Å². The Bertz CT molecular complexity index is 234. The molecule has 1 aliphatic rings. The summed E-state index contributed by atoms with van der Waals surface area (Å²) in [4.78, 5) is 13.9. The Hall–Kier alpha value is -0.610. The molecule has 0 radical (unpaired) electrons. The fraction of sp³-hybridized carbons (Fsp3) is 0.909. The molecule has 0 spiro atoms. The van der Waals surface area contributed by atoms with Crippen LogP contribution in [0.1, 0.15) is 26.7 Å². The van der Waals surface area contributed by atoms with Gasteiger partial charge in [0.25, 0.3) is 0 Å².